The monoisotopic (exact) mass is 361 g/mol. The zero-order valence-corrected chi connectivity index (χ0v) is 14.9. The van der Waals surface area contributed by atoms with E-state index in [0.29, 0.717) is 19.4 Å². The van der Waals surface area contributed by atoms with Gasteiger partial charge < -0.3 is 14.4 Å². The summed E-state index contributed by atoms with van der Waals surface area (Å²) in [6.45, 7) is 5.66. The second-order valence-corrected chi connectivity index (χ2v) is 6.92. The Kier molecular flexibility index (Phi) is 5.93. The first-order valence-electron chi connectivity index (χ1n) is 8.19. The summed E-state index contributed by atoms with van der Waals surface area (Å²) in [5.74, 6) is -1.22. The Hall–Kier alpha value is -2.94. The number of ether oxygens (including phenoxy) is 2. The van der Waals surface area contributed by atoms with Gasteiger partial charge in [0.1, 0.15) is 17.8 Å². The molecule has 1 aromatic heterocycles. The fraction of sp³-hybridized carbons (Fsp3) is 0.588. The molecule has 2 atom stereocenters. The number of nitrogens with zero attached hydrogens (tertiary/aromatic N) is 5. The minimum absolute atomic E-state index is 0.0412. The smallest absolute Gasteiger partial charge is 0.410 e. The predicted molar refractivity (Wildman–Crippen MR) is 87.3 cm³/mol. The topological polar surface area (TPSA) is 112 Å². The van der Waals surface area contributed by atoms with Gasteiger partial charge in [0, 0.05) is 19.4 Å². The Morgan fingerprint density at radius 2 is 2.15 bits per heavy atom. The molecule has 0 aromatic carbocycles. The number of rotatable bonds is 3. The number of halogens is 1. The quantitative estimate of drug-likeness (QED) is 0.760. The average molecular weight is 361 g/mol. The highest BCUT2D eigenvalue weighted by Gasteiger charge is 2.35. The van der Waals surface area contributed by atoms with Crippen LogP contribution in [0.4, 0.5) is 9.18 Å². The number of amides is 1. The normalized spacial score (nSPS) is 20.0. The van der Waals surface area contributed by atoms with Crippen LogP contribution in [0.1, 0.15) is 45.9 Å². The second-order valence-electron chi connectivity index (χ2n) is 6.92. The van der Waals surface area contributed by atoms with Gasteiger partial charge in [0.15, 0.2) is 0 Å². The third kappa shape index (κ3) is 5.28. The number of piperidine rings is 1. The molecule has 0 aliphatic carbocycles. The summed E-state index contributed by atoms with van der Waals surface area (Å²) in [5.41, 5.74) is -0.631. The SMILES string of the molecule is CC(C)(C)OC(=O)N1CC[C@H](Oc2cc(F)nc(C#N)n2)C[C@H]1CC#N. The third-order valence-electron chi connectivity index (χ3n) is 3.68. The van der Waals surface area contributed by atoms with Gasteiger partial charge >= 0.3 is 6.09 Å². The fourth-order valence-electron chi connectivity index (χ4n) is 2.66. The maximum absolute atomic E-state index is 13.4. The van der Waals surface area contributed by atoms with Crippen molar-refractivity contribution in [2.75, 3.05) is 6.54 Å². The van der Waals surface area contributed by atoms with Crippen molar-refractivity contribution < 1.29 is 18.7 Å². The van der Waals surface area contributed by atoms with E-state index in [2.05, 4.69) is 16.0 Å². The third-order valence-corrected chi connectivity index (χ3v) is 3.68. The van der Waals surface area contributed by atoms with E-state index in [1.54, 1.807) is 26.8 Å². The van der Waals surface area contributed by atoms with E-state index in [0.717, 1.165) is 6.07 Å². The fourth-order valence-corrected chi connectivity index (χ4v) is 2.66. The lowest BCUT2D eigenvalue weighted by Crippen LogP contribution is -2.50. The van der Waals surface area contributed by atoms with E-state index >= 15 is 0 Å². The predicted octanol–water partition coefficient (Wildman–Crippen LogP) is 2.55. The van der Waals surface area contributed by atoms with Gasteiger partial charge in [-0.1, -0.05) is 0 Å². The van der Waals surface area contributed by atoms with Crippen molar-refractivity contribution in [1.29, 1.82) is 10.5 Å². The number of hydrogen-bond acceptors (Lipinski definition) is 7. The van der Waals surface area contributed by atoms with Crippen molar-refractivity contribution in [3.8, 4) is 18.0 Å². The zero-order chi connectivity index (χ0) is 19.3. The average Bonchev–Trinajstić information content (AvgIpc) is 2.53. The van der Waals surface area contributed by atoms with Gasteiger partial charge in [-0.15, -0.1) is 0 Å². The van der Waals surface area contributed by atoms with Gasteiger partial charge in [-0.05, 0) is 20.8 Å². The minimum atomic E-state index is -0.855. The van der Waals surface area contributed by atoms with Crippen molar-refractivity contribution in [3.05, 3.63) is 17.8 Å². The van der Waals surface area contributed by atoms with Crippen molar-refractivity contribution in [1.82, 2.24) is 14.9 Å². The lowest BCUT2D eigenvalue weighted by molar-refractivity contribution is -0.00382. The molecule has 2 heterocycles. The van der Waals surface area contributed by atoms with Crippen LogP contribution in [0.15, 0.2) is 6.07 Å². The molecule has 9 heteroatoms. The minimum Gasteiger partial charge on any atom is -0.474 e. The maximum atomic E-state index is 13.4. The van der Waals surface area contributed by atoms with E-state index in [4.69, 9.17) is 20.0 Å². The van der Waals surface area contributed by atoms with Crippen LogP contribution in [0.3, 0.4) is 0 Å². The lowest BCUT2D eigenvalue weighted by Gasteiger charge is -2.38. The number of hydrogen-bond donors (Lipinski definition) is 0. The van der Waals surface area contributed by atoms with Crippen LogP contribution >= 0.6 is 0 Å². The molecular weight excluding hydrogens is 341 g/mol. The molecule has 0 radical (unpaired) electrons. The second kappa shape index (κ2) is 7.96. The molecule has 1 amide bonds. The number of aromatic nitrogens is 2. The van der Waals surface area contributed by atoms with Crippen LogP contribution in [0.25, 0.3) is 0 Å². The molecule has 0 bridgehead atoms. The van der Waals surface area contributed by atoms with Crippen LogP contribution < -0.4 is 4.74 Å². The van der Waals surface area contributed by atoms with Crippen molar-refractivity contribution in [2.45, 2.75) is 57.8 Å². The molecule has 2 rings (SSSR count). The molecule has 26 heavy (non-hydrogen) atoms. The molecular formula is C17H20FN5O3. The summed E-state index contributed by atoms with van der Waals surface area (Å²) in [5, 5.41) is 17.9. The number of carbonyl (C=O) groups is 1. The Bertz CT molecular complexity index is 750. The van der Waals surface area contributed by atoms with Crippen LogP contribution in [0.5, 0.6) is 5.88 Å². The molecule has 8 nitrogen and oxygen atoms in total. The van der Waals surface area contributed by atoms with E-state index < -0.39 is 17.6 Å². The Morgan fingerprint density at radius 3 is 2.77 bits per heavy atom. The van der Waals surface area contributed by atoms with Gasteiger partial charge in [-0.25, -0.2) is 4.79 Å². The van der Waals surface area contributed by atoms with Crippen LogP contribution in [0.2, 0.25) is 0 Å². The Labute approximate surface area is 151 Å². The molecule has 1 aromatic rings. The van der Waals surface area contributed by atoms with Crippen molar-refractivity contribution >= 4 is 6.09 Å². The van der Waals surface area contributed by atoms with Gasteiger partial charge in [-0.2, -0.15) is 24.9 Å². The van der Waals surface area contributed by atoms with Gasteiger partial charge in [-0.3, -0.25) is 0 Å². The Balaban J connectivity index is 2.07. The van der Waals surface area contributed by atoms with Crippen molar-refractivity contribution in [3.63, 3.8) is 0 Å². The van der Waals surface area contributed by atoms with E-state index in [-0.39, 0.29) is 30.3 Å². The van der Waals surface area contributed by atoms with Crippen LogP contribution in [-0.2, 0) is 4.74 Å². The molecule has 1 fully saturated rings. The first kappa shape index (κ1) is 19.4. The summed E-state index contributed by atoms with van der Waals surface area (Å²) in [6, 6.07) is 4.35. The van der Waals surface area contributed by atoms with Crippen LogP contribution in [0, 0.1) is 28.6 Å². The summed E-state index contributed by atoms with van der Waals surface area (Å²) in [6.07, 6.45) is 0.124. The molecule has 1 aliphatic heterocycles. The first-order chi connectivity index (χ1) is 12.2. The molecule has 0 N–H and O–H groups in total. The van der Waals surface area contributed by atoms with Gasteiger partial charge in [0.05, 0.1) is 24.6 Å². The highest BCUT2D eigenvalue weighted by molar-refractivity contribution is 5.68. The van der Waals surface area contributed by atoms with Crippen molar-refractivity contribution in [2.24, 2.45) is 0 Å². The molecule has 0 saturated carbocycles. The molecule has 1 saturated heterocycles. The van der Waals surface area contributed by atoms with Crippen LogP contribution in [-0.4, -0.2) is 45.3 Å². The highest BCUT2D eigenvalue weighted by atomic mass is 19.1. The number of carbonyl (C=O) groups excluding carboxylic acids is 1. The maximum Gasteiger partial charge on any atom is 0.410 e. The highest BCUT2D eigenvalue weighted by Crippen LogP contribution is 2.25. The largest absolute Gasteiger partial charge is 0.474 e. The lowest BCUT2D eigenvalue weighted by atomic mass is 9.97. The number of nitriles is 2. The van der Waals surface area contributed by atoms with E-state index in [9.17, 15) is 9.18 Å². The standard InChI is InChI=1S/C17H20FN5O3/c1-17(2,3)26-16(24)23-7-5-12(8-11(23)4-6-19)25-15-9-13(18)21-14(10-20)22-15/h9,11-12H,4-5,7-8H2,1-3H3/t11-,12+/m1/s1. The summed E-state index contributed by atoms with van der Waals surface area (Å²) < 4.78 is 24.4. The molecule has 138 valence electrons. The van der Waals surface area contributed by atoms with E-state index in [1.165, 1.54) is 4.90 Å². The molecule has 1 aliphatic rings. The summed E-state index contributed by atoms with van der Waals surface area (Å²) in [7, 11) is 0. The molecule has 0 spiro atoms. The molecule has 0 unspecified atom stereocenters. The zero-order valence-electron chi connectivity index (χ0n) is 14.9. The van der Waals surface area contributed by atoms with E-state index in [1.807, 2.05) is 0 Å². The Morgan fingerprint density at radius 1 is 1.42 bits per heavy atom. The van der Waals surface area contributed by atoms with Gasteiger partial charge in [0.2, 0.25) is 17.7 Å². The summed E-state index contributed by atoms with van der Waals surface area (Å²) in [4.78, 5) is 21.0. The number of likely N-dealkylation sites (tertiary alicyclic amines) is 1. The van der Waals surface area contributed by atoms with Gasteiger partial charge in [0.25, 0.3) is 0 Å². The first-order valence-corrected chi connectivity index (χ1v) is 8.19. The summed E-state index contributed by atoms with van der Waals surface area (Å²) >= 11 is 0.